The van der Waals surface area contributed by atoms with Crippen molar-refractivity contribution in [3.05, 3.63) is 32.5 Å². The molecule has 1 heterocycles. The first-order valence-electron chi connectivity index (χ1n) is 3.69. The largest absolute Gasteiger partial charge is 0.478 e. The van der Waals surface area contributed by atoms with Gasteiger partial charge in [0.1, 0.15) is 5.82 Å². The number of aromatic carboxylic acids is 1. The zero-order valence-electron chi connectivity index (χ0n) is 6.75. The van der Waals surface area contributed by atoms with Gasteiger partial charge in [-0.1, -0.05) is 0 Å². The van der Waals surface area contributed by atoms with Gasteiger partial charge in [0, 0.05) is 10.8 Å². The van der Waals surface area contributed by atoms with Gasteiger partial charge in [0.2, 0.25) is 0 Å². The minimum atomic E-state index is -0.973. The van der Waals surface area contributed by atoms with E-state index in [4.69, 9.17) is 5.11 Å². The molecule has 0 atom stereocenters. The molecular weight excluding hydrogens is 318 g/mol. The van der Waals surface area contributed by atoms with Gasteiger partial charge in [-0.2, -0.15) is 0 Å². The number of rotatable bonds is 1. The fourth-order valence-electron chi connectivity index (χ4n) is 1.21. The summed E-state index contributed by atoms with van der Waals surface area (Å²) in [4.78, 5) is 10.8. The lowest BCUT2D eigenvalue weighted by Crippen LogP contribution is -1.93. The normalized spacial score (nSPS) is 10.7. The zero-order valence-corrected chi connectivity index (χ0v) is 9.73. The van der Waals surface area contributed by atoms with Gasteiger partial charge in [-0.05, 0) is 34.7 Å². The quantitative estimate of drug-likeness (QED) is 0.818. The third-order valence-corrected chi connectivity index (χ3v) is 4.30. The van der Waals surface area contributed by atoms with Crippen LogP contribution < -0.4 is 0 Å². The summed E-state index contributed by atoms with van der Waals surface area (Å²) < 4.78 is 14.3. The SMILES string of the molecule is O=C(O)c1csc2c(I)c(F)ccc12. The smallest absolute Gasteiger partial charge is 0.337 e. The zero-order chi connectivity index (χ0) is 10.3. The van der Waals surface area contributed by atoms with E-state index in [0.29, 0.717) is 13.7 Å². The maximum absolute atomic E-state index is 13.1. The van der Waals surface area contributed by atoms with Crippen molar-refractivity contribution in [1.82, 2.24) is 0 Å². The molecule has 14 heavy (non-hydrogen) atoms. The predicted molar refractivity (Wildman–Crippen MR) is 61.5 cm³/mol. The molecule has 0 spiro atoms. The van der Waals surface area contributed by atoms with Crippen LogP contribution in [0.3, 0.4) is 0 Å². The molecule has 2 nitrogen and oxygen atoms in total. The Kier molecular flexibility index (Phi) is 2.44. The van der Waals surface area contributed by atoms with Crippen molar-refractivity contribution in [3.8, 4) is 0 Å². The van der Waals surface area contributed by atoms with Crippen LogP contribution >= 0.6 is 33.9 Å². The Morgan fingerprint density at radius 2 is 2.21 bits per heavy atom. The van der Waals surface area contributed by atoms with E-state index >= 15 is 0 Å². The lowest BCUT2D eigenvalue weighted by molar-refractivity contribution is 0.0699. The Labute approximate surface area is 96.5 Å². The average molecular weight is 322 g/mol. The molecule has 0 saturated heterocycles. The summed E-state index contributed by atoms with van der Waals surface area (Å²) in [6.45, 7) is 0. The van der Waals surface area contributed by atoms with Crippen LogP contribution in [0.15, 0.2) is 17.5 Å². The summed E-state index contributed by atoms with van der Waals surface area (Å²) in [7, 11) is 0. The standard InChI is InChI=1S/C9H4FIO2S/c10-6-2-1-4-5(9(12)13)3-14-8(4)7(6)11/h1-3H,(H,12,13). The van der Waals surface area contributed by atoms with Crippen LogP contribution in [0, 0.1) is 9.39 Å². The van der Waals surface area contributed by atoms with E-state index in [1.807, 2.05) is 22.6 Å². The van der Waals surface area contributed by atoms with E-state index in [1.54, 1.807) is 0 Å². The highest BCUT2D eigenvalue weighted by Gasteiger charge is 2.14. The van der Waals surface area contributed by atoms with E-state index in [0.717, 1.165) is 0 Å². The molecule has 0 saturated carbocycles. The van der Waals surface area contributed by atoms with Gasteiger partial charge in [-0.3, -0.25) is 0 Å². The summed E-state index contributed by atoms with van der Waals surface area (Å²) in [5.41, 5.74) is 0.239. The van der Waals surface area contributed by atoms with Crippen LogP contribution in [0.4, 0.5) is 4.39 Å². The van der Waals surface area contributed by atoms with Crippen molar-refractivity contribution in [2.24, 2.45) is 0 Å². The van der Waals surface area contributed by atoms with E-state index in [2.05, 4.69) is 0 Å². The van der Waals surface area contributed by atoms with Gasteiger partial charge in [0.05, 0.1) is 13.8 Å². The minimum Gasteiger partial charge on any atom is -0.478 e. The Balaban J connectivity index is 2.83. The Bertz CT molecular complexity index is 521. The second-order valence-corrected chi connectivity index (χ2v) is 4.65. The molecule has 1 aromatic heterocycles. The van der Waals surface area contributed by atoms with Crippen molar-refractivity contribution in [3.63, 3.8) is 0 Å². The Morgan fingerprint density at radius 3 is 2.86 bits per heavy atom. The molecule has 0 aliphatic carbocycles. The van der Waals surface area contributed by atoms with Gasteiger partial charge in [0.15, 0.2) is 0 Å². The monoisotopic (exact) mass is 322 g/mol. The minimum absolute atomic E-state index is 0.239. The van der Waals surface area contributed by atoms with Crippen LogP contribution in [0.25, 0.3) is 10.1 Å². The number of hydrogen-bond acceptors (Lipinski definition) is 2. The molecular formula is C9H4FIO2S. The van der Waals surface area contributed by atoms with Crippen LogP contribution in [0.2, 0.25) is 0 Å². The lowest BCUT2D eigenvalue weighted by atomic mass is 10.2. The maximum Gasteiger partial charge on any atom is 0.337 e. The molecule has 1 N–H and O–H groups in total. The lowest BCUT2D eigenvalue weighted by Gasteiger charge is -1.96. The number of halogens is 2. The van der Waals surface area contributed by atoms with Crippen molar-refractivity contribution in [2.45, 2.75) is 0 Å². The summed E-state index contributed by atoms with van der Waals surface area (Å²) in [6, 6.07) is 2.80. The van der Waals surface area contributed by atoms with Crippen LogP contribution in [0.5, 0.6) is 0 Å². The third-order valence-electron chi connectivity index (χ3n) is 1.87. The summed E-state index contributed by atoms with van der Waals surface area (Å²) in [6.07, 6.45) is 0. The first kappa shape index (κ1) is 9.85. The van der Waals surface area contributed by atoms with Crippen molar-refractivity contribution in [2.75, 3.05) is 0 Å². The molecule has 0 bridgehead atoms. The number of fused-ring (bicyclic) bond motifs is 1. The fourth-order valence-corrected chi connectivity index (χ4v) is 3.03. The second kappa shape index (κ2) is 3.47. The van der Waals surface area contributed by atoms with Crippen LogP contribution in [-0.2, 0) is 0 Å². The fraction of sp³-hybridized carbons (Fsp3) is 0. The van der Waals surface area contributed by atoms with Crippen molar-refractivity contribution in [1.29, 1.82) is 0 Å². The molecule has 0 aliphatic heterocycles. The molecule has 0 fully saturated rings. The molecule has 0 radical (unpaired) electrons. The van der Waals surface area contributed by atoms with Gasteiger partial charge >= 0.3 is 5.97 Å². The molecule has 0 aliphatic rings. The van der Waals surface area contributed by atoms with Crippen LogP contribution in [-0.4, -0.2) is 11.1 Å². The molecule has 0 unspecified atom stereocenters. The average Bonchev–Trinajstić information content (AvgIpc) is 2.55. The van der Waals surface area contributed by atoms with Crippen molar-refractivity contribution < 1.29 is 14.3 Å². The van der Waals surface area contributed by atoms with E-state index in [9.17, 15) is 9.18 Å². The van der Waals surface area contributed by atoms with Gasteiger partial charge in [-0.25, -0.2) is 9.18 Å². The number of carbonyl (C=O) groups is 1. The molecule has 5 heteroatoms. The number of carboxylic acids is 1. The highest BCUT2D eigenvalue weighted by molar-refractivity contribution is 14.1. The van der Waals surface area contributed by atoms with E-state index in [-0.39, 0.29) is 11.4 Å². The van der Waals surface area contributed by atoms with Gasteiger partial charge < -0.3 is 5.11 Å². The van der Waals surface area contributed by atoms with Crippen molar-refractivity contribution >= 4 is 50.0 Å². The van der Waals surface area contributed by atoms with E-state index < -0.39 is 5.97 Å². The Hall–Kier alpha value is -0.690. The summed E-state index contributed by atoms with van der Waals surface area (Å²) >= 11 is 3.14. The molecule has 2 aromatic rings. The first-order valence-corrected chi connectivity index (χ1v) is 5.65. The maximum atomic E-state index is 13.1. The summed E-state index contributed by atoms with van der Waals surface area (Å²) in [5.74, 6) is -1.28. The molecule has 0 amide bonds. The number of thiophene rings is 1. The van der Waals surface area contributed by atoms with Gasteiger partial charge in [0.25, 0.3) is 0 Å². The molecule has 1 aromatic carbocycles. The van der Waals surface area contributed by atoms with Gasteiger partial charge in [-0.15, -0.1) is 11.3 Å². The highest BCUT2D eigenvalue weighted by Crippen LogP contribution is 2.31. The highest BCUT2D eigenvalue weighted by atomic mass is 127. The first-order chi connectivity index (χ1) is 6.61. The number of hydrogen-bond donors (Lipinski definition) is 1. The third kappa shape index (κ3) is 1.40. The van der Waals surface area contributed by atoms with Crippen LogP contribution in [0.1, 0.15) is 10.4 Å². The number of benzene rings is 1. The second-order valence-electron chi connectivity index (χ2n) is 2.69. The number of carboxylic acid groups (broad SMARTS) is 1. The van der Waals surface area contributed by atoms with E-state index in [1.165, 1.54) is 28.8 Å². The molecule has 2 rings (SSSR count). The topological polar surface area (TPSA) is 37.3 Å². The summed E-state index contributed by atoms with van der Waals surface area (Å²) in [5, 5.41) is 11.0. The predicted octanol–water partition coefficient (Wildman–Crippen LogP) is 3.34. The Morgan fingerprint density at radius 1 is 1.50 bits per heavy atom. The molecule has 72 valence electrons.